The summed E-state index contributed by atoms with van der Waals surface area (Å²) in [5.41, 5.74) is 1.15. The average Bonchev–Trinajstić information content (AvgIpc) is 2.36. The minimum absolute atomic E-state index is 0.132. The van der Waals surface area contributed by atoms with Crippen molar-refractivity contribution in [2.45, 2.75) is 32.7 Å². The van der Waals surface area contributed by atoms with E-state index in [-0.39, 0.29) is 6.61 Å². The molecule has 0 amide bonds. The lowest BCUT2D eigenvalue weighted by atomic mass is 10.1. The summed E-state index contributed by atoms with van der Waals surface area (Å²) in [6.07, 6.45) is -3.71. The zero-order valence-electron chi connectivity index (χ0n) is 11.7. The van der Waals surface area contributed by atoms with Crippen LogP contribution >= 0.6 is 0 Å². The van der Waals surface area contributed by atoms with E-state index in [2.05, 4.69) is 23.9 Å². The van der Waals surface area contributed by atoms with Gasteiger partial charge in [0.05, 0.1) is 6.61 Å². The average molecular weight is 291 g/mol. The second-order valence-corrected chi connectivity index (χ2v) is 4.45. The van der Waals surface area contributed by atoms with Gasteiger partial charge in [-0.2, -0.15) is 0 Å². The van der Waals surface area contributed by atoms with Gasteiger partial charge in [0, 0.05) is 6.04 Å². The molecule has 0 spiro atoms. The monoisotopic (exact) mass is 291 g/mol. The van der Waals surface area contributed by atoms with Crippen molar-refractivity contribution >= 4 is 0 Å². The van der Waals surface area contributed by atoms with Crippen LogP contribution < -0.4 is 10.1 Å². The summed E-state index contributed by atoms with van der Waals surface area (Å²) in [5, 5.41) is 3.31. The van der Waals surface area contributed by atoms with Crippen LogP contribution in [0.4, 0.5) is 13.2 Å². The van der Waals surface area contributed by atoms with Crippen LogP contribution in [0.2, 0.25) is 0 Å². The van der Waals surface area contributed by atoms with Crippen molar-refractivity contribution in [1.82, 2.24) is 5.32 Å². The molecule has 0 radical (unpaired) electrons. The molecule has 1 rings (SSSR count). The maximum Gasteiger partial charge on any atom is 0.522 e. The van der Waals surface area contributed by atoms with Crippen molar-refractivity contribution in [3.8, 4) is 5.75 Å². The molecular formula is C14H20F3NO2. The first kappa shape index (κ1) is 16.8. The number of rotatable bonds is 8. The van der Waals surface area contributed by atoms with Gasteiger partial charge in [-0.15, -0.1) is 13.2 Å². The van der Waals surface area contributed by atoms with Crippen LogP contribution in [-0.4, -0.2) is 32.2 Å². The van der Waals surface area contributed by atoms with Gasteiger partial charge in [0.1, 0.15) is 12.4 Å². The SMILES string of the molecule is CCNC(C)Cc1ccc(OCCOC(F)(F)F)cc1. The molecule has 1 unspecified atom stereocenters. The molecule has 0 saturated carbocycles. The fraction of sp³-hybridized carbons (Fsp3) is 0.571. The van der Waals surface area contributed by atoms with E-state index in [0.29, 0.717) is 11.8 Å². The Hall–Kier alpha value is -1.27. The van der Waals surface area contributed by atoms with Gasteiger partial charge in [-0.3, -0.25) is 4.74 Å². The third kappa shape index (κ3) is 7.35. The molecule has 3 nitrogen and oxygen atoms in total. The second-order valence-electron chi connectivity index (χ2n) is 4.45. The molecule has 114 valence electrons. The number of hydrogen-bond acceptors (Lipinski definition) is 3. The van der Waals surface area contributed by atoms with Crippen LogP contribution in [0.1, 0.15) is 19.4 Å². The van der Waals surface area contributed by atoms with E-state index >= 15 is 0 Å². The summed E-state index contributed by atoms with van der Waals surface area (Å²) in [7, 11) is 0. The van der Waals surface area contributed by atoms with Gasteiger partial charge in [0.25, 0.3) is 0 Å². The van der Waals surface area contributed by atoms with Crippen LogP contribution in [0.3, 0.4) is 0 Å². The number of nitrogens with one attached hydrogen (secondary N) is 1. The number of benzene rings is 1. The van der Waals surface area contributed by atoms with Gasteiger partial charge >= 0.3 is 6.36 Å². The molecule has 0 aliphatic rings. The van der Waals surface area contributed by atoms with Gasteiger partial charge in [0.2, 0.25) is 0 Å². The van der Waals surface area contributed by atoms with Crippen LogP contribution in [0.15, 0.2) is 24.3 Å². The molecule has 0 aliphatic carbocycles. The van der Waals surface area contributed by atoms with Crippen LogP contribution in [-0.2, 0) is 11.2 Å². The van der Waals surface area contributed by atoms with Crippen molar-refractivity contribution < 1.29 is 22.6 Å². The lowest BCUT2D eigenvalue weighted by molar-refractivity contribution is -0.325. The van der Waals surface area contributed by atoms with Crippen molar-refractivity contribution in [2.75, 3.05) is 19.8 Å². The number of hydrogen-bond donors (Lipinski definition) is 1. The largest absolute Gasteiger partial charge is 0.522 e. The Morgan fingerprint density at radius 3 is 2.35 bits per heavy atom. The molecule has 0 fully saturated rings. The number of alkyl halides is 3. The number of ether oxygens (including phenoxy) is 2. The molecule has 0 bridgehead atoms. The molecule has 1 N–H and O–H groups in total. The molecule has 0 aromatic heterocycles. The van der Waals surface area contributed by atoms with E-state index in [1.54, 1.807) is 12.1 Å². The van der Waals surface area contributed by atoms with Gasteiger partial charge < -0.3 is 10.1 Å². The number of halogens is 3. The Morgan fingerprint density at radius 2 is 1.80 bits per heavy atom. The van der Waals surface area contributed by atoms with E-state index in [9.17, 15) is 13.2 Å². The van der Waals surface area contributed by atoms with E-state index in [0.717, 1.165) is 18.5 Å². The van der Waals surface area contributed by atoms with E-state index < -0.39 is 13.0 Å². The topological polar surface area (TPSA) is 30.5 Å². The highest BCUT2D eigenvalue weighted by Crippen LogP contribution is 2.16. The van der Waals surface area contributed by atoms with Crippen molar-refractivity contribution in [1.29, 1.82) is 0 Å². The highest BCUT2D eigenvalue weighted by Gasteiger charge is 2.28. The fourth-order valence-corrected chi connectivity index (χ4v) is 1.81. The Bertz CT molecular complexity index is 379. The maximum atomic E-state index is 11.7. The smallest absolute Gasteiger partial charge is 0.491 e. The summed E-state index contributed by atoms with van der Waals surface area (Å²) in [6, 6.07) is 7.71. The quantitative estimate of drug-likeness (QED) is 0.746. The predicted molar refractivity (Wildman–Crippen MR) is 70.8 cm³/mol. The van der Waals surface area contributed by atoms with Gasteiger partial charge in [-0.1, -0.05) is 19.1 Å². The summed E-state index contributed by atoms with van der Waals surface area (Å²) in [5.74, 6) is 0.538. The van der Waals surface area contributed by atoms with Gasteiger partial charge in [0.15, 0.2) is 0 Å². The Morgan fingerprint density at radius 1 is 1.15 bits per heavy atom. The molecule has 20 heavy (non-hydrogen) atoms. The van der Waals surface area contributed by atoms with Crippen LogP contribution in [0.5, 0.6) is 5.75 Å². The third-order valence-corrected chi connectivity index (χ3v) is 2.64. The standard InChI is InChI=1S/C14H20F3NO2/c1-3-18-11(2)10-12-4-6-13(7-5-12)19-8-9-20-14(15,16)17/h4-7,11,18H,3,8-10H2,1-2H3. The Balaban J connectivity index is 2.31. The minimum Gasteiger partial charge on any atom is -0.491 e. The summed E-state index contributed by atoms with van der Waals surface area (Å²) in [6.45, 7) is 4.43. The van der Waals surface area contributed by atoms with E-state index in [4.69, 9.17) is 4.74 Å². The number of likely N-dealkylation sites (N-methyl/N-ethyl adjacent to an activating group) is 1. The first-order valence-corrected chi connectivity index (χ1v) is 6.56. The summed E-state index contributed by atoms with van der Waals surface area (Å²) >= 11 is 0. The van der Waals surface area contributed by atoms with Gasteiger partial charge in [-0.05, 0) is 37.6 Å². The van der Waals surface area contributed by atoms with Crippen molar-refractivity contribution in [2.24, 2.45) is 0 Å². The molecule has 1 aromatic carbocycles. The lowest BCUT2D eigenvalue weighted by Crippen LogP contribution is -2.27. The maximum absolute atomic E-state index is 11.7. The molecule has 1 atom stereocenters. The van der Waals surface area contributed by atoms with Crippen molar-refractivity contribution in [3.05, 3.63) is 29.8 Å². The highest BCUT2D eigenvalue weighted by atomic mass is 19.4. The Kier molecular flexibility index (Phi) is 6.81. The molecular weight excluding hydrogens is 271 g/mol. The summed E-state index contributed by atoms with van der Waals surface area (Å²) in [4.78, 5) is 0. The minimum atomic E-state index is -4.60. The zero-order chi connectivity index (χ0) is 15.0. The zero-order valence-corrected chi connectivity index (χ0v) is 11.7. The first-order valence-electron chi connectivity index (χ1n) is 6.56. The molecule has 0 saturated heterocycles. The fourth-order valence-electron chi connectivity index (χ4n) is 1.81. The normalized spacial score (nSPS) is 13.2. The third-order valence-electron chi connectivity index (χ3n) is 2.64. The molecule has 0 heterocycles. The molecule has 6 heteroatoms. The molecule has 1 aromatic rings. The van der Waals surface area contributed by atoms with Crippen LogP contribution in [0.25, 0.3) is 0 Å². The van der Waals surface area contributed by atoms with Crippen molar-refractivity contribution in [3.63, 3.8) is 0 Å². The van der Waals surface area contributed by atoms with Crippen LogP contribution in [0, 0.1) is 0 Å². The lowest BCUT2D eigenvalue weighted by Gasteiger charge is -2.13. The van der Waals surface area contributed by atoms with Gasteiger partial charge in [-0.25, -0.2) is 0 Å². The Labute approximate surface area is 117 Å². The van der Waals surface area contributed by atoms with E-state index in [1.807, 2.05) is 12.1 Å². The first-order chi connectivity index (χ1) is 9.40. The second kappa shape index (κ2) is 8.11. The molecule has 0 aliphatic heterocycles. The predicted octanol–water partition coefficient (Wildman–Crippen LogP) is 3.14. The van der Waals surface area contributed by atoms with E-state index in [1.165, 1.54) is 0 Å². The highest BCUT2D eigenvalue weighted by molar-refractivity contribution is 5.27. The summed E-state index contributed by atoms with van der Waals surface area (Å²) < 4.78 is 44.0.